The molecule has 2 heterocycles. The minimum absolute atomic E-state index is 0.111. The molecular formula is C12H14N4O2S. The van der Waals surface area contributed by atoms with Crippen LogP contribution in [0.15, 0.2) is 29.1 Å². The molecule has 2 rings (SSSR count). The van der Waals surface area contributed by atoms with Gasteiger partial charge in [-0.3, -0.25) is 14.7 Å². The molecule has 0 radical (unpaired) electrons. The Morgan fingerprint density at radius 2 is 2.21 bits per heavy atom. The van der Waals surface area contributed by atoms with Crippen LogP contribution in [0.3, 0.4) is 0 Å². The van der Waals surface area contributed by atoms with Crippen LogP contribution in [-0.2, 0) is 11.3 Å². The summed E-state index contributed by atoms with van der Waals surface area (Å²) in [5.41, 5.74) is 1.47. The van der Waals surface area contributed by atoms with Crippen LogP contribution in [0.1, 0.15) is 22.5 Å². The normalized spacial score (nSPS) is 10.1. The highest BCUT2D eigenvalue weighted by Crippen LogP contribution is 2.04. The van der Waals surface area contributed by atoms with Crippen molar-refractivity contribution in [2.45, 2.75) is 13.0 Å². The highest BCUT2D eigenvalue weighted by Gasteiger charge is 2.06. The van der Waals surface area contributed by atoms with Gasteiger partial charge in [-0.1, -0.05) is 0 Å². The summed E-state index contributed by atoms with van der Waals surface area (Å²) in [6, 6.07) is 3.54. The summed E-state index contributed by atoms with van der Waals surface area (Å²) in [5, 5.41) is 15.6. The van der Waals surface area contributed by atoms with Gasteiger partial charge < -0.3 is 10.6 Å². The van der Waals surface area contributed by atoms with Crippen LogP contribution >= 0.6 is 11.3 Å². The van der Waals surface area contributed by atoms with Crippen LogP contribution in [0.4, 0.5) is 0 Å². The van der Waals surface area contributed by atoms with E-state index in [-0.39, 0.29) is 18.2 Å². The van der Waals surface area contributed by atoms with Gasteiger partial charge in [0, 0.05) is 30.1 Å². The zero-order valence-corrected chi connectivity index (χ0v) is 11.0. The number of amides is 2. The number of aromatic amines is 1. The number of nitrogens with one attached hydrogen (secondary N) is 3. The summed E-state index contributed by atoms with van der Waals surface area (Å²) in [6.07, 6.45) is 1.88. The Labute approximate surface area is 114 Å². The fourth-order valence-electron chi connectivity index (χ4n) is 1.45. The first-order valence-corrected chi connectivity index (χ1v) is 6.75. The van der Waals surface area contributed by atoms with E-state index in [9.17, 15) is 9.59 Å². The molecule has 0 aromatic carbocycles. The molecule has 0 spiro atoms. The quantitative estimate of drug-likeness (QED) is 0.734. The Morgan fingerprint density at radius 1 is 1.32 bits per heavy atom. The molecule has 7 heteroatoms. The Bertz CT molecular complexity index is 522. The third kappa shape index (κ3) is 4.22. The van der Waals surface area contributed by atoms with Crippen molar-refractivity contribution in [3.63, 3.8) is 0 Å². The van der Waals surface area contributed by atoms with Crippen molar-refractivity contribution in [3.05, 3.63) is 40.3 Å². The van der Waals surface area contributed by atoms with E-state index in [0.29, 0.717) is 18.7 Å². The van der Waals surface area contributed by atoms with E-state index in [1.54, 1.807) is 23.7 Å². The maximum Gasteiger partial charge on any atom is 0.252 e. The average Bonchev–Trinajstić information content (AvgIpc) is 3.09. The molecule has 0 bridgehead atoms. The predicted molar refractivity (Wildman–Crippen MR) is 71.7 cm³/mol. The number of rotatable bonds is 6. The Morgan fingerprint density at radius 3 is 2.89 bits per heavy atom. The van der Waals surface area contributed by atoms with Crippen LogP contribution in [-0.4, -0.2) is 28.6 Å². The number of hydrogen-bond donors (Lipinski definition) is 3. The van der Waals surface area contributed by atoms with Crippen LogP contribution in [0, 0.1) is 0 Å². The molecule has 6 nitrogen and oxygen atoms in total. The molecule has 0 fully saturated rings. The van der Waals surface area contributed by atoms with Crippen molar-refractivity contribution in [3.8, 4) is 0 Å². The highest BCUT2D eigenvalue weighted by atomic mass is 32.1. The smallest absolute Gasteiger partial charge is 0.252 e. The molecule has 100 valence electrons. The molecule has 2 amide bonds. The number of carbonyl (C=O) groups excluding carboxylic acids is 2. The van der Waals surface area contributed by atoms with Crippen molar-refractivity contribution in [2.75, 3.05) is 6.54 Å². The molecule has 0 aliphatic heterocycles. The first-order chi connectivity index (χ1) is 9.25. The number of carbonyl (C=O) groups is 2. The van der Waals surface area contributed by atoms with Crippen LogP contribution in [0.25, 0.3) is 0 Å². The molecule has 0 aliphatic rings. The summed E-state index contributed by atoms with van der Waals surface area (Å²) in [6.45, 7) is 0.737. The average molecular weight is 278 g/mol. The lowest BCUT2D eigenvalue weighted by molar-refractivity contribution is -0.121. The summed E-state index contributed by atoms with van der Waals surface area (Å²) >= 11 is 1.46. The third-order valence-corrected chi connectivity index (χ3v) is 3.14. The fourth-order valence-corrected chi connectivity index (χ4v) is 2.09. The molecule has 0 saturated carbocycles. The first-order valence-electron chi connectivity index (χ1n) is 5.81. The van der Waals surface area contributed by atoms with Gasteiger partial charge in [-0.2, -0.15) is 16.4 Å². The Balaban J connectivity index is 1.63. The monoisotopic (exact) mass is 278 g/mol. The Kier molecular flexibility index (Phi) is 4.68. The molecule has 0 atom stereocenters. The van der Waals surface area contributed by atoms with Gasteiger partial charge in [0.1, 0.15) is 0 Å². The predicted octanol–water partition coefficient (Wildman–Crippen LogP) is 0.908. The van der Waals surface area contributed by atoms with Gasteiger partial charge in [-0.25, -0.2) is 0 Å². The molecule has 0 unspecified atom stereocenters. The minimum Gasteiger partial charge on any atom is -0.351 e. The summed E-state index contributed by atoms with van der Waals surface area (Å²) < 4.78 is 0. The van der Waals surface area contributed by atoms with Crippen molar-refractivity contribution < 1.29 is 9.59 Å². The summed E-state index contributed by atoms with van der Waals surface area (Å²) in [7, 11) is 0. The number of hydrogen-bond acceptors (Lipinski definition) is 4. The Hall–Kier alpha value is -2.15. The third-order valence-electron chi connectivity index (χ3n) is 2.46. The van der Waals surface area contributed by atoms with E-state index in [2.05, 4.69) is 20.8 Å². The molecule has 2 aromatic rings. The number of aromatic nitrogens is 2. The van der Waals surface area contributed by atoms with Gasteiger partial charge in [-0.05, 0) is 17.5 Å². The van der Waals surface area contributed by atoms with Crippen molar-refractivity contribution in [1.82, 2.24) is 20.8 Å². The van der Waals surface area contributed by atoms with E-state index >= 15 is 0 Å². The van der Waals surface area contributed by atoms with Gasteiger partial charge in [0.05, 0.1) is 12.2 Å². The molecule has 0 aliphatic carbocycles. The summed E-state index contributed by atoms with van der Waals surface area (Å²) in [5.74, 6) is -0.261. The van der Waals surface area contributed by atoms with Gasteiger partial charge >= 0.3 is 0 Å². The standard InChI is InChI=1S/C12H14N4O2S/c17-11(14-7-10-1-5-15-16-10)2-4-13-12(18)9-3-6-19-8-9/h1,3,5-6,8H,2,4,7H2,(H,13,18)(H,14,17)(H,15,16). The maximum atomic E-state index is 11.6. The van der Waals surface area contributed by atoms with Crippen LogP contribution in [0.2, 0.25) is 0 Å². The maximum absolute atomic E-state index is 11.6. The lowest BCUT2D eigenvalue weighted by Gasteiger charge is -2.05. The molecule has 3 N–H and O–H groups in total. The van der Waals surface area contributed by atoms with E-state index in [4.69, 9.17) is 0 Å². The molecular weight excluding hydrogens is 264 g/mol. The second-order valence-electron chi connectivity index (χ2n) is 3.88. The minimum atomic E-state index is -0.150. The second kappa shape index (κ2) is 6.69. The van der Waals surface area contributed by atoms with Gasteiger partial charge in [0.15, 0.2) is 0 Å². The molecule has 0 saturated heterocycles. The first kappa shape index (κ1) is 13.3. The number of H-pyrrole nitrogens is 1. The van der Waals surface area contributed by atoms with Gasteiger partial charge in [-0.15, -0.1) is 0 Å². The van der Waals surface area contributed by atoms with Crippen LogP contribution < -0.4 is 10.6 Å². The lowest BCUT2D eigenvalue weighted by atomic mass is 10.3. The number of nitrogens with zero attached hydrogens (tertiary/aromatic N) is 1. The van der Waals surface area contributed by atoms with Gasteiger partial charge in [0.2, 0.25) is 5.91 Å². The fraction of sp³-hybridized carbons (Fsp3) is 0.250. The van der Waals surface area contributed by atoms with E-state index in [1.165, 1.54) is 11.3 Å². The summed E-state index contributed by atoms with van der Waals surface area (Å²) in [4.78, 5) is 23.1. The number of thiophene rings is 1. The van der Waals surface area contributed by atoms with E-state index < -0.39 is 0 Å². The molecule has 2 aromatic heterocycles. The van der Waals surface area contributed by atoms with Gasteiger partial charge in [0.25, 0.3) is 5.91 Å². The highest BCUT2D eigenvalue weighted by molar-refractivity contribution is 7.08. The molecule has 19 heavy (non-hydrogen) atoms. The SMILES string of the molecule is O=C(CCNC(=O)c1ccsc1)NCc1ccn[nH]1. The zero-order valence-electron chi connectivity index (χ0n) is 10.2. The lowest BCUT2D eigenvalue weighted by Crippen LogP contribution is -2.30. The van der Waals surface area contributed by atoms with Crippen LogP contribution in [0.5, 0.6) is 0 Å². The van der Waals surface area contributed by atoms with Crippen molar-refractivity contribution in [2.24, 2.45) is 0 Å². The second-order valence-corrected chi connectivity index (χ2v) is 4.66. The van der Waals surface area contributed by atoms with Crippen molar-refractivity contribution >= 4 is 23.2 Å². The van der Waals surface area contributed by atoms with E-state index in [0.717, 1.165) is 5.69 Å². The zero-order chi connectivity index (χ0) is 13.5. The van der Waals surface area contributed by atoms with Crippen molar-refractivity contribution in [1.29, 1.82) is 0 Å². The topological polar surface area (TPSA) is 86.9 Å². The largest absolute Gasteiger partial charge is 0.351 e. The van der Waals surface area contributed by atoms with E-state index in [1.807, 2.05) is 5.38 Å².